The summed E-state index contributed by atoms with van der Waals surface area (Å²) in [6.07, 6.45) is 1.61. The minimum Gasteiger partial charge on any atom is -0.359 e. The van der Waals surface area contributed by atoms with Crippen LogP contribution in [0.3, 0.4) is 0 Å². The zero-order chi connectivity index (χ0) is 10.1. The lowest BCUT2D eigenvalue weighted by Gasteiger charge is -1.96. The number of fused-ring (bicyclic) bond motifs is 1. The van der Waals surface area contributed by atoms with Gasteiger partial charge >= 0.3 is 0 Å². The van der Waals surface area contributed by atoms with Gasteiger partial charge in [0.1, 0.15) is 6.07 Å². The highest BCUT2D eigenvalue weighted by Gasteiger charge is 2.10. The Hall–Kier alpha value is -1.78. The van der Waals surface area contributed by atoms with E-state index >= 15 is 0 Å². The minimum absolute atomic E-state index is 0.498. The molecule has 0 saturated carbocycles. The molecule has 1 N–H and O–H groups in total. The highest BCUT2D eigenvalue weighted by Crippen LogP contribution is 2.28. The first-order chi connectivity index (χ1) is 6.77. The van der Waals surface area contributed by atoms with Crippen LogP contribution in [0.1, 0.15) is 11.1 Å². The van der Waals surface area contributed by atoms with Gasteiger partial charge in [-0.25, -0.2) is 0 Å². The molecule has 1 heterocycles. The standard InChI is InChI=1S/C10H4BrN3/c11-8-2-1-6(3-12)9-7(4-13)5-14-10(8)9/h1-2,5,14H. The Labute approximate surface area is 88.7 Å². The molecule has 0 unspecified atom stereocenters. The van der Waals surface area contributed by atoms with Crippen LogP contribution in [0, 0.1) is 22.7 Å². The van der Waals surface area contributed by atoms with Crippen molar-refractivity contribution in [3.05, 3.63) is 33.9 Å². The van der Waals surface area contributed by atoms with Gasteiger partial charge in [0, 0.05) is 16.1 Å². The summed E-state index contributed by atoms with van der Waals surface area (Å²) in [6.45, 7) is 0. The maximum atomic E-state index is 8.88. The molecule has 0 fully saturated rings. The molecular formula is C10H4BrN3. The molecule has 0 aliphatic rings. The molecule has 0 aliphatic carbocycles. The van der Waals surface area contributed by atoms with Gasteiger partial charge in [0.15, 0.2) is 0 Å². The van der Waals surface area contributed by atoms with Crippen LogP contribution in [0.2, 0.25) is 0 Å². The summed E-state index contributed by atoms with van der Waals surface area (Å²) < 4.78 is 0.855. The third kappa shape index (κ3) is 1.09. The molecule has 0 radical (unpaired) electrons. The van der Waals surface area contributed by atoms with Gasteiger partial charge in [-0.3, -0.25) is 0 Å². The second kappa shape index (κ2) is 3.17. The largest absolute Gasteiger partial charge is 0.359 e. The average molecular weight is 246 g/mol. The third-order valence-corrected chi connectivity index (χ3v) is 2.69. The van der Waals surface area contributed by atoms with E-state index in [0.29, 0.717) is 16.5 Å². The normalized spacial score (nSPS) is 9.64. The van der Waals surface area contributed by atoms with Gasteiger partial charge in [0.05, 0.1) is 22.7 Å². The van der Waals surface area contributed by atoms with E-state index in [2.05, 4.69) is 27.0 Å². The predicted molar refractivity (Wildman–Crippen MR) is 55.4 cm³/mol. The second-order valence-corrected chi connectivity index (χ2v) is 3.63. The summed E-state index contributed by atoms with van der Waals surface area (Å²) in [5, 5.41) is 18.4. The monoisotopic (exact) mass is 245 g/mol. The minimum atomic E-state index is 0.498. The van der Waals surface area contributed by atoms with Crippen molar-refractivity contribution in [3.63, 3.8) is 0 Å². The van der Waals surface area contributed by atoms with Crippen LogP contribution in [0.5, 0.6) is 0 Å². The number of hydrogen-bond donors (Lipinski definition) is 1. The van der Waals surface area contributed by atoms with Gasteiger partial charge in [-0.15, -0.1) is 0 Å². The molecule has 4 heteroatoms. The zero-order valence-electron chi connectivity index (χ0n) is 7.00. The fourth-order valence-electron chi connectivity index (χ4n) is 1.40. The number of nitriles is 2. The number of halogens is 1. The number of nitrogens with zero attached hydrogens (tertiary/aromatic N) is 2. The van der Waals surface area contributed by atoms with Gasteiger partial charge in [0.2, 0.25) is 0 Å². The fourth-order valence-corrected chi connectivity index (χ4v) is 1.84. The molecule has 0 spiro atoms. The molecule has 14 heavy (non-hydrogen) atoms. The van der Waals surface area contributed by atoms with Crippen molar-refractivity contribution in [2.45, 2.75) is 0 Å². The van der Waals surface area contributed by atoms with Crippen molar-refractivity contribution in [3.8, 4) is 12.1 Å². The Balaban J connectivity index is 3.00. The second-order valence-electron chi connectivity index (χ2n) is 2.77. The maximum absolute atomic E-state index is 8.88. The number of aromatic amines is 1. The molecular weight excluding hydrogens is 242 g/mol. The number of H-pyrrole nitrogens is 1. The Kier molecular flexibility index (Phi) is 1.99. The first kappa shape index (κ1) is 8.80. The molecule has 0 atom stereocenters. The zero-order valence-corrected chi connectivity index (χ0v) is 8.59. The summed E-state index contributed by atoms with van der Waals surface area (Å²) >= 11 is 3.35. The van der Waals surface area contributed by atoms with Crippen LogP contribution in [-0.4, -0.2) is 4.98 Å². The quantitative estimate of drug-likeness (QED) is 0.776. The Bertz CT molecular complexity index is 584. The lowest BCUT2D eigenvalue weighted by Crippen LogP contribution is -1.79. The molecule has 2 aromatic rings. The molecule has 3 nitrogen and oxygen atoms in total. The van der Waals surface area contributed by atoms with Gasteiger partial charge in [-0.1, -0.05) is 0 Å². The van der Waals surface area contributed by atoms with E-state index < -0.39 is 0 Å². The first-order valence-corrected chi connectivity index (χ1v) is 4.67. The van der Waals surface area contributed by atoms with Gasteiger partial charge in [-0.2, -0.15) is 10.5 Å². The van der Waals surface area contributed by atoms with E-state index in [4.69, 9.17) is 10.5 Å². The van der Waals surface area contributed by atoms with Gasteiger partial charge in [-0.05, 0) is 28.1 Å². The third-order valence-electron chi connectivity index (χ3n) is 2.03. The van der Waals surface area contributed by atoms with Gasteiger partial charge < -0.3 is 4.98 Å². The number of benzene rings is 1. The predicted octanol–water partition coefficient (Wildman–Crippen LogP) is 2.67. The van der Waals surface area contributed by atoms with Crippen molar-refractivity contribution >= 4 is 26.8 Å². The van der Waals surface area contributed by atoms with E-state index in [0.717, 1.165) is 9.99 Å². The summed E-state index contributed by atoms with van der Waals surface area (Å²) in [6, 6.07) is 7.60. The molecule has 0 saturated heterocycles. The molecule has 0 aliphatic heterocycles. The SMILES string of the molecule is N#Cc1ccc(Br)c2[nH]cc(C#N)c12. The van der Waals surface area contributed by atoms with Crippen molar-refractivity contribution in [2.24, 2.45) is 0 Å². The Morgan fingerprint density at radius 2 is 1.86 bits per heavy atom. The number of rotatable bonds is 0. The summed E-state index contributed by atoms with van der Waals surface area (Å²) in [5.74, 6) is 0. The van der Waals surface area contributed by atoms with Crippen molar-refractivity contribution in [2.75, 3.05) is 0 Å². The number of aromatic nitrogens is 1. The number of hydrogen-bond acceptors (Lipinski definition) is 2. The molecule has 0 bridgehead atoms. The topological polar surface area (TPSA) is 63.4 Å². The van der Waals surface area contributed by atoms with Crippen LogP contribution >= 0.6 is 15.9 Å². The highest BCUT2D eigenvalue weighted by atomic mass is 79.9. The number of nitrogens with one attached hydrogen (secondary N) is 1. The fraction of sp³-hybridized carbons (Fsp3) is 0. The van der Waals surface area contributed by atoms with Crippen LogP contribution in [0.4, 0.5) is 0 Å². The van der Waals surface area contributed by atoms with Crippen molar-refractivity contribution < 1.29 is 0 Å². The molecule has 2 rings (SSSR count). The van der Waals surface area contributed by atoms with E-state index in [9.17, 15) is 0 Å². The smallest absolute Gasteiger partial charge is 0.101 e. The Morgan fingerprint density at radius 3 is 2.50 bits per heavy atom. The Morgan fingerprint density at radius 1 is 1.14 bits per heavy atom. The van der Waals surface area contributed by atoms with Gasteiger partial charge in [0.25, 0.3) is 0 Å². The maximum Gasteiger partial charge on any atom is 0.101 e. The highest BCUT2D eigenvalue weighted by molar-refractivity contribution is 9.10. The molecule has 1 aromatic heterocycles. The summed E-state index contributed by atoms with van der Waals surface area (Å²) in [4.78, 5) is 2.96. The average Bonchev–Trinajstić information content (AvgIpc) is 2.63. The van der Waals surface area contributed by atoms with Crippen LogP contribution in [0.15, 0.2) is 22.8 Å². The van der Waals surface area contributed by atoms with Crippen molar-refractivity contribution in [1.82, 2.24) is 4.98 Å². The van der Waals surface area contributed by atoms with Crippen LogP contribution in [-0.2, 0) is 0 Å². The lowest BCUT2D eigenvalue weighted by molar-refractivity contribution is 1.44. The van der Waals surface area contributed by atoms with E-state index in [1.54, 1.807) is 18.3 Å². The first-order valence-electron chi connectivity index (χ1n) is 3.87. The summed E-state index contributed by atoms with van der Waals surface area (Å²) in [5.41, 5.74) is 1.81. The lowest BCUT2D eigenvalue weighted by atomic mass is 10.1. The molecule has 66 valence electrons. The molecule has 1 aromatic carbocycles. The molecule has 0 amide bonds. The summed E-state index contributed by atoms with van der Waals surface area (Å²) in [7, 11) is 0. The van der Waals surface area contributed by atoms with Crippen LogP contribution in [0.25, 0.3) is 10.9 Å². The van der Waals surface area contributed by atoms with Crippen molar-refractivity contribution in [1.29, 1.82) is 10.5 Å². The van der Waals surface area contributed by atoms with E-state index in [-0.39, 0.29) is 0 Å². The van der Waals surface area contributed by atoms with Crippen LogP contribution < -0.4 is 0 Å². The van der Waals surface area contributed by atoms with E-state index in [1.165, 1.54) is 0 Å². The van der Waals surface area contributed by atoms with E-state index in [1.807, 2.05) is 6.07 Å².